The van der Waals surface area contributed by atoms with Crippen LogP contribution >= 0.6 is 0 Å². The first-order valence-electron chi connectivity index (χ1n) is 5.42. The Kier molecular flexibility index (Phi) is 4.12. The average molecular weight is 275 g/mol. The lowest BCUT2D eigenvalue weighted by Crippen LogP contribution is -2.31. The normalized spacial score (nSPS) is 12.3. The highest BCUT2D eigenvalue weighted by atomic mass is 32.2. The molecule has 0 saturated carbocycles. The lowest BCUT2D eigenvalue weighted by atomic mass is 10.2. The van der Waals surface area contributed by atoms with Crippen LogP contribution in [0.4, 0.5) is 0 Å². The number of hydrogen-bond acceptors (Lipinski definition) is 4. The number of carboxylic acid groups (broad SMARTS) is 1. The number of rotatable bonds is 5. The molecule has 0 aliphatic rings. The summed E-state index contributed by atoms with van der Waals surface area (Å²) in [5.74, 6) is -1.22. The van der Waals surface area contributed by atoms with Gasteiger partial charge >= 0.3 is 5.97 Å². The predicted octanol–water partition coefficient (Wildman–Crippen LogP) is 0.693. The molecule has 0 aromatic carbocycles. The lowest BCUT2D eigenvalue weighted by Gasteiger charge is -2.19. The van der Waals surface area contributed by atoms with Crippen molar-refractivity contribution in [2.75, 3.05) is 13.6 Å². The van der Waals surface area contributed by atoms with Gasteiger partial charge in [-0.3, -0.25) is 5.10 Å². The van der Waals surface area contributed by atoms with Gasteiger partial charge in [0.05, 0.1) is 5.69 Å². The Labute approximate surface area is 106 Å². The Morgan fingerprint density at radius 3 is 2.50 bits per heavy atom. The summed E-state index contributed by atoms with van der Waals surface area (Å²) in [5.41, 5.74) is -0.244. The van der Waals surface area contributed by atoms with Crippen molar-refractivity contribution in [1.82, 2.24) is 14.5 Å². The number of nitrogens with zero attached hydrogens (tertiary/aromatic N) is 2. The molecule has 1 aromatic heterocycles. The van der Waals surface area contributed by atoms with E-state index in [4.69, 9.17) is 5.11 Å². The molecule has 0 aliphatic heterocycles. The summed E-state index contributed by atoms with van der Waals surface area (Å²) < 4.78 is 25.7. The number of carbonyl (C=O) groups is 1. The number of aromatic amines is 1. The fourth-order valence-electron chi connectivity index (χ4n) is 1.65. The van der Waals surface area contributed by atoms with Crippen molar-refractivity contribution in [3.63, 3.8) is 0 Å². The quantitative estimate of drug-likeness (QED) is 0.823. The van der Waals surface area contributed by atoms with E-state index >= 15 is 0 Å². The van der Waals surface area contributed by atoms with E-state index in [-0.39, 0.29) is 16.5 Å². The third kappa shape index (κ3) is 2.70. The number of hydrogen-bond donors (Lipinski definition) is 2. The number of sulfonamides is 1. The fraction of sp³-hybridized carbons (Fsp3) is 0.600. The van der Waals surface area contributed by atoms with E-state index in [1.807, 2.05) is 13.8 Å². The van der Waals surface area contributed by atoms with E-state index in [0.717, 1.165) is 4.31 Å². The highest BCUT2D eigenvalue weighted by molar-refractivity contribution is 7.89. The first-order chi connectivity index (χ1) is 8.17. The van der Waals surface area contributed by atoms with Gasteiger partial charge in [-0.25, -0.2) is 17.5 Å². The minimum Gasteiger partial charge on any atom is -0.476 e. The maximum absolute atomic E-state index is 12.3. The van der Waals surface area contributed by atoms with Crippen LogP contribution in [0.5, 0.6) is 0 Å². The van der Waals surface area contributed by atoms with Crippen molar-refractivity contribution in [3.05, 3.63) is 11.4 Å². The van der Waals surface area contributed by atoms with Gasteiger partial charge in [0.2, 0.25) is 10.0 Å². The summed E-state index contributed by atoms with van der Waals surface area (Å²) >= 11 is 0. The predicted molar refractivity (Wildman–Crippen MR) is 64.9 cm³/mol. The van der Waals surface area contributed by atoms with E-state index in [2.05, 4.69) is 10.2 Å². The van der Waals surface area contributed by atoms with Gasteiger partial charge in [-0.2, -0.15) is 5.10 Å². The second kappa shape index (κ2) is 5.07. The van der Waals surface area contributed by atoms with E-state index in [1.54, 1.807) is 0 Å². The number of aryl methyl sites for hydroxylation is 1. The third-order valence-corrected chi connectivity index (χ3v) is 4.37. The molecule has 2 N–H and O–H groups in total. The molecule has 8 heteroatoms. The van der Waals surface area contributed by atoms with Crippen LogP contribution in [0.3, 0.4) is 0 Å². The van der Waals surface area contributed by atoms with Crippen LogP contribution in [0.25, 0.3) is 0 Å². The summed E-state index contributed by atoms with van der Waals surface area (Å²) in [6, 6.07) is 0. The highest BCUT2D eigenvalue weighted by Crippen LogP contribution is 2.21. The third-order valence-electron chi connectivity index (χ3n) is 2.38. The van der Waals surface area contributed by atoms with Crippen molar-refractivity contribution in [2.45, 2.75) is 25.7 Å². The average Bonchev–Trinajstić information content (AvgIpc) is 2.59. The largest absolute Gasteiger partial charge is 0.476 e. The first kappa shape index (κ1) is 14.7. The zero-order valence-electron chi connectivity index (χ0n) is 10.8. The maximum atomic E-state index is 12.3. The van der Waals surface area contributed by atoms with Crippen LogP contribution in [-0.2, 0) is 10.0 Å². The molecular weight excluding hydrogens is 258 g/mol. The molecule has 0 fully saturated rings. The lowest BCUT2D eigenvalue weighted by molar-refractivity contribution is 0.0686. The first-order valence-corrected chi connectivity index (χ1v) is 6.86. The molecule has 0 amide bonds. The van der Waals surface area contributed by atoms with Gasteiger partial charge in [-0.15, -0.1) is 0 Å². The molecule has 1 rings (SSSR count). The molecule has 0 aliphatic carbocycles. The Bertz CT molecular complexity index is 547. The summed E-state index contributed by atoms with van der Waals surface area (Å²) in [6.07, 6.45) is 0. The number of aromatic nitrogens is 2. The smallest absolute Gasteiger partial charge is 0.357 e. The SMILES string of the molecule is Cc1[nH]nc(C(=O)O)c1S(=O)(=O)N(C)CC(C)C. The van der Waals surface area contributed by atoms with Crippen LogP contribution in [0.1, 0.15) is 30.0 Å². The van der Waals surface area contributed by atoms with Gasteiger partial charge in [0.15, 0.2) is 5.69 Å². The second-order valence-electron chi connectivity index (χ2n) is 4.51. The van der Waals surface area contributed by atoms with Crippen molar-refractivity contribution in [1.29, 1.82) is 0 Å². The molecular formula is C10H17N3O4S. The molecule has 0 saturated heterocycles. The zero-order chi connectivity index (χ0) is 14.1. The molecule has 0 unspecified atom stereocenters. The number of nitrogens with one attached hydrogen (secondary N) is 1. The van der Waals surface area contributed by atoms with Crippen LogP contribution < -0.4 is 0 Å². The molecule has 0 spiro atoms. The monoisotopic (exact) mass is 275 g/mol. The van der Waals surface area contributed by atoms with Crippen molar-refractivity contribution in [3.8, 4) is 0 Å². The minimum absolute atomic E-state index is 0.144. The van der Waals surface area contributed by atoms with Crippen LogP contribution in [0.15, 0.2) is 4.90 Å². The molecule has 0 radical (unpaired) electrons. The highest BCUT2D eigenvalue weighted by Gasteiger charge is 2.31. The summed E-state index contributed by atoms with van der Waals surface area (Å²) in [5, 5.41) is 14.8. The summed E-state index contributed by atoms with van der Waals surface area (Å²) in [7, 11) is -2.41. The molecule has 0 atom stereocenters. The topological polar surface area (TPSA) is 103 Å². The number of H-pyrrole nitrogens is 1. The maximum Gasteiger partial charge on any atom is 0.357 e. The molecule has 102 valence electrons. The van der Waals surface area contributed by atoms with Crippen molar-refractivity contribution in [2.24, 2.45) is 5.92 Å². The van der Waals surface area contributed by atoms with E-state index in [1.165, 1.54) is 14.0 Å². The van der Waals surface area contributed by atoms with Gasteiger partial charge in [-0.05, 0) is 12.8 Å². The second-order valence-corrected chi connectivity index (χ2v) is 6.49. The Morgan fingerprint density at radius 2 is 2.06 bits per heavy atom. The van der Waals surface area contributed by atoms with Gasteiger partial charge in [0, 0.05) is 13.6 Å². The molecule has 0 bridgehead atoms. The Hall–Kier alpha value is -1.41. The standard InChI is InChI=1S/C10H17N3O4S/c1-6(2)5-13(4)18(16,17)9-7(3)11-12-8(9)10(14)15/h6H,5H2,1-4H3,(H,11,12)(H,14,15). The van der Waals surface area contributed by atoms with Gasteiger partial charge < -0.3 is 5.11 Å². The fourth-order valence-corrected chi connectivity index (χ4v) is 3.26. The summed E-state index contributed by atoms with van der Waals surface area (Å²) in [6.45, 7) is 5.56. The van der Waals surface area contributed by atoms with Gasteiger partial charge in [0.1, 0.15) is 4.90 Å². The van der Waals surface area contributed by atoms with E-state index in [0.29, 0.717) is 6.54 Å². The van der Waals surface area contributed by atoms with Crippen LogP contribution in [0, 0.1) is 12.8 Å². The van der Waals surface area contributed by atoms with Gasteiger partial charge in [0.25, 0.3) is 0 Å². The van der Waals surface area contributed by atoms with Crippen LogP contribution in [-0.4, -0.2) is 47.6 Å². The molecule has 1 heterocycles. The summed E-state index contributed by atoms with van der Waals surface area (Å²) in [4.78, 5) is 10.7. The molecule has 7 nitrogen and oxygen atoms in total. The minimum atomic E-state index is -3.84. The molecule has 1 aromatic rings. The zero-order valence-corrected chi connectivity index (χ0v) is 11.6. The number of carboxylic acids is 1. The van der Waals surface area contributed by atoms with Crippen LogP contribution in [0.2, 0.25) is 0 Å². The Balaban J connectivity index is 3.28. The van der Waals surface area contributed by atoms with Crippen molar-refractivity contribution < 1.29 is 18.3 Å². The van der Waals surface area contributed by atoms with Crippen molar-refractivity contribution >= 4 is 16.0 Å². The van der Waals surface area contributed by atoms with Gasteiger partial charge in [-0.1, -0.05) is 13.8 Å². The van der Waals surface area contributed by atoms with E-state index < -0.39 is 21.7 Å². The van der Waals surface area contributed by atoms with E-state index in [9.17, 15) is 13.2 Å². The number of aromatic carboxylic acids is 1. The Morgan fingerprint density at radius 1 is 1.50 bits per heavy atom. The molecule has 18 heavy (non-hydrogen) atoms.